The fourth-order valence-electron chi connectivity index (χ4n) is 4.64. The lowest BCUT2D eigenvalue weighted by molar-refractivity contribution is 0.0683. The van der Waals surface area contributed by atoms with Gasteiger partial charge in [-0.1, -0.05) is 12.1 Å². The van der Waals surface area contributed by atoms with Crippen LogP contribution in [0.1, 0.15) is 23.2 Å². The Morgan fingerprint density at radius 1 is 0.970 bits per heavy atom. The van der Waals surface area contributed by atoms with Crippen LogP contribution in [0.5, 0.6) is 0 Å². The number of piperidine rings is 1. The highest BCUT2D eigenvalue weighted by atomic mass is 32.2. The summed E-state index contributed by atoms with van der Waals surface area (Å²) in [6.07, 6.45) is 3.76. The smallest absolute Gasteiger partial charge is 0.253 e. The first kappa shape index (κ1) is 22.1. The number of carbonyl (C=O) groups excluding carboxylic acids is 1. The molecule has 2 saturated heterocycles. The van der Waals surface area contributed by atoms with Crippen molar-refractivity contribution < 1.29 is 17.9 Å². The number of likely N-dealkylation sites (tertiary alicyclic amines) is 1. The average molecular weight is 469 g/mol. The van der Waals surface area contributed by atoms with Crippen LogP contribution in [-0.4, -0.2) is 72.5 Å². The SMILES string of the molecule is O=C(c1ccc(S(=O)(=O)N2CCOCC2)cc1)N1CCC(Cn2cnc3ccccc32)CC1. The Labute approximate surface area is 193 Å². The molecule has 0 spiro atoms. The van der Waals surface area contributed by atoms with E-state index < -0.39 is 10.0 Å². The number of para-hydroxylation sites is 2. The summed E-state index contributed by atoms with van der Waals surface area (Å²) in [6.45, 7) is 3.82. The molecule has 2 aliphatic rings. The maximum atomic E-state index is 13.0. The molecule has 0 saturated carbocycles. The predicted molar refractivity (Wildman–Crippen MR) is 124 cm³/mol. The first-order valence-corrected chi connectivity index (χ1v) is 12.8. The van der Waals surface area contributed by atoms with E-state index in [4.69, 9.17) is 4.74 Å². The molecular weight excluding hydrogens is 440 g/mol. The molecule has 3 heterocycles. The van der Waals surface area contributed by atoms with Gasteiger partial charge in [0.25, 0.3) is 5.91 Å². The van der Waals surface area contributed by atoms with Gasteiger partial charge in [0, 0.05) is 38.3 Å². The molecule has 0 atom stereocenters. The summed E-state index contributed by atoms with van der Waals surface area (Å²) in [4.78, 5) is 19.5. The van der Waals surface area contributed by atoms with E-state index in [9.17, 15) is 13.2 Å². The maximum absolute atomic E-state index is 13.0. The lowest BCUT2D eigenvalue weighted by atomic mass is 9.96. The summed E-state index contributed by atoms with van der Waals surface area (Å²) < 4.78 is 34.4. The van der Waals surface area contributed by atoms with Crippen molar-refractivity contribution >= 4 is 27.0 Å². The lowest BCUT2D eigenvalue weighted by Gasteiger charge is -2.32. The van der Waals surface area contributed by atoms with Crippen molar-refractivity contribution in [2.24, 2.45) is 5.92 Å². The predicted octanol–water partition coefficient (Wildman–Crippen LogP) is 2.61. The molecule has 2 fully saturated rings. The number of benzene rings is 2. The van der Waals surface area contributed by atoms with Crippen LogP contribution in [0.2, 0.25) is 0 Å². The van der Waals surface area contributed by atoms with Crippen molar-refractivity contribution in [2.45, 2.75) is 24.3 Å². The summed E-state index contributed by atoms with van der Waals surface area (Å²) in [5.41, 5.74) is 2.67. The molecule has 0 bridgehead atoms. The number of nitrogens with zero attached hydrogens (tertiary/aromatic N) is 4. The van der Waals surface area contributed by atoms with Gasteiger partial charge in [-0.2, -0.15) is 4.31 Å². The molecule has 2 aromatic carbocycles. The Kier molecular flexibility index (Phi) is 6.18. The van der Waals surface area contributed by atoms with E-state index in [1.54, 1.807) is 12.1 Å². The van der Waals surface area contributed by atoms with Crippen LogP contribution in [-0.2, 0) is 21.3 Å². The minimum atomic E-state index is -3.56. The quantitative estimate of drug-likeness (QED) is 0.575. The number of hydrogen-bond acceptors (Lipinski definition) is 5. The summed E-state index contributed by atoms with van der Waals surface area (Å²) >= 11 is 0. The van der Waals surface area contributed by atoms with Crippen LogP contribution in [0.15, 0.2) is 59.8 Å². The average Bonchev–Trinajstić information content (AvgIpc) is 3.27. The number of hydrogen-bond donors (Lipinski definition) is 0. The van der Waals surface area contributed by atoms with Crippen LogP contribution >= 0.6 is 0 Å². The lowest BCUT2D eigenvalue weighted by Crippen LogP contribution is -2.40. The highest BCUT2D eigenvalue weighted by Gasteiger charge is 2.28. The maximum Gasteiger partial charge on any atom is 0.253 e. The Morgan fingerprint density at radius 3 is 2.39 bits per heavy atom. The standard InChI is InChI=1S/C24H28N4O4S/c29-24(20-5-7-21(8-6-20)33(30,31)28-13-15-32-16-14-28)26-11-9-19(10-12-26)17-27-18-25-22-3-1-2-4-23(22)27/h1-8,18-19H,9-17H2. The first-order valence-electron chi connectivity index (χ1n) is 11.4. The second-order valence-corrected chi connectivity index (χ2v) is 10.6. The molecule has 3 aromatic rings. The Hall–Kier alpha value is -2.75. The van der Waals surface area contributed by atoms with Crippen LogP contribution < -0.4 is 0 Å². The normalized spacial score (nSPS) is 18.6. The summed E-state index contributed by atoms with van der Waals surface area (Å²) in [5.74, 6) is 0.449. The van der Waals surface area contributed by atoms with Crippen LogP contribution in [0.3, 0.4) is 0 Å². The van der Waals surface area contributed by atoms with Crippen molar-refractivity contribution in [1.82, 2.24) is 18.8 Å². The van der Waals surface area contributed by atoms with Crippen molar-refractivity contribution in [3.8, 4) is 0 Å². The molecule has 8 nitrogen and oxygen atoms in total. The Balaban J connectivity index is 1.19. The molecule has 0 aliphatic carbocycles. The molecule has 1 aromatic heterocycles. The minimum Gasteiger partial charge on any atom is -0.379 e. The van der Waals surface area contributed by atoms with Gasteiger partial charge in [0.15, 0.2) is 0 Å². The fraction of sp³-hybridized carbons (Fsp3) is 0.417. The molecule has 0 N–H and O–H groups in total. The number of amides is 1. The Morgan fingerprint density at radius 2 is 1.67 bits per heavy atom. The summed E-state index contributed by atoms with van der Waals surface area (Å²) in [5, 5.41) is 0. The highest BCUT2D eigenvalue weighted by Crippen LogP contribution is 2.24. The highest BCUT2D eigenvalue weighted by molar-refractivity contribution is 7.89. The molecule has 174 valence electrons. The van der Waals surface area contributed by atoms with Crippen molar-refractivity contribution in [3.63, 3.8) is 0 Å². The Bertz CT molecular complexity index is 1220. The summed E-state index contributed by atoms with van der Waals surface area (Å²) in [6, 6.07) is 14.4. The van der Waals surface area contributed by atoms with Crippen molar-refractivity contribution in [1.29, 1.82) is 0 Å². The molecule has 0 unspecified atom stereocenters. The van der Waals surface area contributed by atoms with Gasteiger partial charge in [-0.25, -0.2) is 13.4 Å². The van der Waals surface area contributed by atoms with Gasteiger partial charge in [-0.05, 0) is 55.2 Å². The second kappa shape index (κ2) is 9.24. The van der Waals surface area contributed by atoms with E-state index in [1.165, 1.54) is 16.4 Å². The molecule has 2 aliphatic heterocycles. The van der Waals surface area contributed by atoms with Crippen LogP contribution in [0.4, 0.5) is 0 Å². The van der Waals surface area contributed by atoms with Crippen molar-refractivity contribution in [3.05, 3.63) is 60.4 Å². The third kappa shape index (κ3) is 4.53. The second-order valence-electron chi connectivity index (χ2n) is 8.66. The largest absolute Gasteiger partial charge is 0.379 e. The van der Waals surface area contributed by atoms with Gasteiger partial charge < -0.3 is 14.2 Å². The number of rotatable bonds is 5. The van der Waals surface area contributed by atoms with Crippen LogP contribution in [0, 0.1) is 5.92 Å². The number of fused-ring (bicyclic) bond motifs is 1. The monoisotopic (exact) mass is 468 g/mol. The van der Waals surface area contributed by atoms with E-state index in [0.717, 1.165) is 30.4 Å². The third-order valence-corrected chi connectivity index (χ3v) is 8.51. The number of sulfonamides is 1. The molecule has 9 heteroatoms. The topological polar surface area (TPSA) is 84.7 Å². The van der Waals surface area contributed by atoms with E-state index in [0.29, 0.717) is 50.9 Å². The van der Waals surface area contributed by atoms with Crippen LogP contribution in [0.25, 0.3) is 11.0 Å². The van der Waals surface area contributed by atoms with E-state index >= 15 is 0 Å². The fourth-order valence-corrected chi connectivity index (χ4v) is 6.05. The number of carbonyl (C=O) groups is 1. The molecule has 5 rings (SSSR count). The van der Waals surface area contributed by atoms with Gasteiger partial charge in [0.2, 0.25) is 10.0 Å². The molecule has 0 radical (unpaired) electrons. The zero-order valence-electron chi connectivity index (χ0n) is 18.5. The zero-order chi connectivity index (χ0) is 22.8. The number of morpholine rings is 1. The number of aromatic nitrogens is 2. The van der Waals surface area contributed by atoms with E-state index in [-0.39, 0.29) is 10.8 Å². The van der Waals surface area contributed by atoms with Gasteiger partial charge in [-0.3, -0.25) is 4.79 Å². The van der Waals surface area contributed by atoms with E-state index in [2.05, 4.69) is 15.6 Å². The van der Waals surface area contributed by atoms with Gasteiger partial charge in [0.1, 0.15) is 0 Å². The number of ether oxygens (including phenoxy) is 1. The first-order chi connectivity index (χ1) is 16.0. The molecule has 1 amide bonds. The zero-order valence-corrected chi connectivity index (χ0v) is 19.3. The summed E-state index contributed by atoms with van der Waals surface area (Å²) in [7, 11) is -3.56. The minimum absolute atomic E-state index is 0.0446. The van der Waals surface area contributed by atoms with Gasteiger partial charge in [-0.15, -0.1) is 0 Å². The van der Waals surface area contributed by atoms with E-state index in [1.807, 2.05) is 29.4 Å². The molecular formula is C24H28N4O4S. The third-order valence-electron chi connectivity index (χ3n) is 6.59. The molecule has 33 heavy (non-hydrogen) atoms. The van der Waals surface area contributed by atoms with Crippen molar-refractivity contribution in [2.75, 3.05) is 39.4 Å². The van der Waals surface area contributed by atoms with Gasteiger partial charge in [0.05, 0.1) is 35.5 Å². The number of imidazole rings is 1. The van der Waals surface area contributed by atoms with Gasteiger partial charge >= 0.3 is 0 Å².